The van der Waals surface area contributed by atoms with E-state index in [0.717, 1.165) is 6.29 Å². The highest BCUT2D eigenvalue weighted by molar-refractivity contribution is 7.17. The molecule has 1 nitrogen and oxygen atoms in total. The van der Waals surface area contributed by atoms with E-state index in [4.69, 9.17) is 4.79 Å². The van der Waals surface area contributed by atoms with Crippen molar-refractivity contribution in [1.29, 1.82) is 0 Å². The molecule has 0 fully saturated rings. The van der Waals surface area contributed by atoms with Gasteiger partial charge in [0.25, 0.3) is 0 Å². The van der Waals surface area contributed by atoms with Crippen LogP contribution in [0.1, 0.15) is 20.8 Å². The summed E-state index contributed by atoms with van der Waals surface area (Å²) in [6, 6.07) is 10.5. The summed E-state index contributed by atoms with van der Waals surface area (Å²) in [5.41, 5.74) is 0. The molecule has 0 atom stereocenters. The number of carbonyl (C=O) groups excluding carboxylic acids is 1. The van der Waals surface area contributed by atoms with Gasteiger partial charge in [-0.2, -0.15) is 0 Å². The van der Waals surface area contributed by atoms with Crippen LogP contribution in [0.4, 0.5) is 0 Å². The molecule has 0 aliphatic heterocycles. The lowest BCUT2D eigenvalue weighted by atomic mass is 10.3. The molecule has 1 heterocycles. The molecule has 0 aliphatic rings. The number of hydrogen-bond acceptors (Lipinski definition) is 2. The molecule has 2 rings (SSSR count). The summed E-state index contributed by atoms with van der Waals surface area (Å²) in [6.07, 6.45) is 0.750. The third-order valence-electron chi connectivity index (χ3n) is 1.36. The number of carbonyl (C=O) groups is 1. The van der Waals surface area contributed by atoms with Crippen LogP contribution in [0.25, 0.3) is 10.1 Å². The monoisotopic (exact) mass is 208 g/mol. The van der Waals surface area contributed by atoms with Crippen LogP contribution in [0.15, 0.2) is 35.7 Å². The Morgan fingerprint density at radius 1 is 1.14 bits per heavy atom. The van der Waals surface area contributed by atoms with Gasteiger partial charge in [-0.3, -0.25) is 0 Å². The van der Waals surface area contributed by atoms with Crippen molar-refractivity contribution in [2.75, 3.05) is 0 Å². The van der Waals surface area contributed by atoms with E-state index in [2.05, 4.69) is 35.7 Å². The van der Waals surface area contributed by atoms with E-state index in [1.54, 1.807) is 11.3 Å². The third kappa shape index (κ3) is 4.19. The fraction of sp³-hybridized carbons (Fsp3) is 0.250. The lowest BCUT2D eigenvalue weighted by molar-refractivity contribution is -0.106. The van der Waals surface area contributed by atoms with Crippen LogP contribution >= 0.6 is 11.3 Å². The minimum atomic E-state index is 0.750. The minimum Gasteiger partial charge on any atom is -0.304 e. The molecule has 0 N–H and O–H groups in total. The molecule has 0 aliphatic carbocycles. The van der Waals surface area contributed by atoms with Crippen molar-refractivity contribution < 1.29 is 4.79 Å². The van der Waals surface area contributed by atoms with Crippen LogP contribution in [0, 0.1) is 0 Å². The zero-order chi connectivity index (χ0) is 10.8. The maximum atomic E-state index is 8.81. The molecule has 1 aromatic carbocycles. The summed E-state index contributed by atoms with van der Waals surface area (Å²) < 4.78 is 1.37. The van der Waals surface area contributed by atoms with Gasteiger partial charge in [-0.05, 0) is 29.8 Å². The molecule has 0 spiro atoms. The molecule has 0 radical (unpaired) electrons. The normalized spacial score (nSPS) is 7.93. The third-order valence-corrected chi connectivity index (χ3v) is 2.26. The predicted molar refractivity (Wildman–Crippen MR) is 64.9 cm³/mol. The SMILES string of the molecule is CC.CC=O.c1ccc2sccc2c1. The van der Waals surface area contributed by atoms with Crippen LogP contribution in [-0.4, -0.2) is 6.29 Å². The number of hydrogen-bond donors (Lipinski definition) is 0. The minimum absolute atomic E-state index is 0.750. The molecular formula is C12H16OS. The Hall–Kier alpha value is -1.15. The second-order valence-electron chi connectivity index (χ2n) is 2.19. The smallest absolute Gasteiger partial charge is 0.116 e. The summed E-state index contributed by atoms with van der Waals surface area (Å²) in [5, 5.41) is 3.47. The Balaban J connectivity index is 0.000000294. The average Bonchev–Trinajstić information content (AvgIpc) is 2.69. The molecule has 14 heavy (non-hydrogen) atoms. The highest BCUT2D eigenvalue weighted by Crippen LogP contribution is 2.18. The summed E-state index contributed by atoms with van der Waals surface area (Å²) in [7, 11) is 0. The van der Waals surface area contributed by atoms with E-state index in [-0.39, 0.29) is 0 Å². The number of aldehydes is 1. The Morgan fingerprint density at radius 3 is 2.29 bits per heavy atom. The molecule has 0 unspecified atom stereocenters. The highest BCUT2D eigenvalue weighted by atomic mass is 32.1. The molecule has 76 valence electrons. The molecule has 1 aromatic heterocycles. The largest absolute Gasteiger partial charge is 0.304 e. The van der Waals surface area contributed by atoms with Crippen LogP contribution in [0.3, 0.4) is 0 Å². The molecule has 0 saturated heterocycles. The molecule has 0 saturated carbocycles. The van der Waals surface area contributed by atoms with Crippen LogP contribution in [0.2, 0.25) is 0 Å². The van der Waals surface area contributed by atoms with E-state index in [1.807, 2.05) is 13.8 Å². The van der Waals surface area contributed by atoms with E-state index in [0.29, 0.717) is 0 Å². The second kappa shape index (κ2) is 8.45. The number of fused-ring (bicyclic) bond motifs is 1. The van der Waals surface area contributed by atoms with Gasteiger partial charge >= 0.3 is 0 Å². The van der Waals surface area contributed by atoms with Crippen molar-refractivity contribution in [3.8, 4) is 0 Å². The summed E-state index contributed by atoms with van der Waals surface area (Å²) >= 11 is 1.79. The molecule has 2 heteroatoms. The summed E-state index contributed by atoms with van der Waals surface area (Å²) in [6.45, 7) is 5.44. The standard InChI is InChI=1S/C8H6S.C2H4O.C2H6/c1-2-4-8-7(3-1)5-6-9-8;1-2-3;1-2/h1-6H;2H,1H3;1-2H3. The second-order valence-corrected chi connectivity index (χ2v) is 3.14. The summed E-state index contributed by atoms with van der Waals surface area (Å²) in [4.78, 5) is 8.81. The maximum Gasteiger partial charge on any atom is 0.116 e. The van der Waals surface area contributed by atoms with E-state index in [1.165, 1.54) is 17.0 Å². The van der Waals surface area contributed by atoms with E-state index < -0.39 is 0 Å². The van der Waals surface area contributed by atoms with Gasteiger partial charge in [0.15, 0.2) is 0 Å². The average molecular weight is 208 g/mol. The molecule has 0 bridgehead atoms. The number of rotatable bonds is 0. The predicted octanol–water partition coefficient (Wildman–Crippen LogP) is 4.13. The topological polar surface area (TPSA) is 17.1 Å². The Kier molecular flexibility index (Phi) is 7.75. The fourth-order valence-electron chi connectivity index (χ4n) is 0.906. The van der Waals surface area contributed by atoms with Gasteiger partial charge in [0.2, 0.25) is 0 Å². The van der Waals surface area contributed by atoms with Crippen LogP contribution in [-0.2, 0) is 4.79 Å². The first-order chi connectivity index (χ1) is 6.88. The van der Waals surface area contributed by atoms with Crippen molar-refractivity contribution in [1.82, 2.24) is 0 Å². The van der Waals surface area contributed by atoms with E-state index in [9.17, 15) is 0 Å². The van der Waals surface area contributed by atoms with Crippen molar-refractivity contribution in [3.63, 3.8) is 0 Å². The van der Waals surface area contributed by atoms with E-state index >= 15 is 0 Å². The van der Waals surface area contributed by atoms with Crippen molar-refractivity contribution >= 4 is 27.7 Å². The lowest BCUT2D eigenvalue weighted by Gasteiger charge is -1.82. The van der Waals surface area contributed by atoms with Gasteiger partial charge in [0.05, 0.1) is 0 Å². The molecular weight excluding hydrogens is 192 g/mol. The van der Waals surface area contributed by atoms with Gasteiger partial charge < -0.3 is 4.79 Å². The van der Waals surface area contributed by atoms with Gasteiger partial charge in [0, 0.05) is 4.70 Å². The first-order valence-corrected chi connectivity index (χ1v) is 5.58. The van der Waals surface area contributed by atoms with Gasteiger partial charge in [0.1, 0.15) is 6.29 Å². The van der Waals surface area contributed by atoms with Crippen molar-refractivity contribution in [2.24, 2.45) is 0 Å². The first-order valence-electron chi connectivity index (χ1n) is 4.70. The van der Waals surface area contributed by atoms with Gasteiger partial charge in [-0.1, -0.05) is 32.0 Å². The zero-order valence-electron chi connectivity index (χ0n) is 8.86. The van der Waals surface area contributed by atoms with Crippen LogP contribution in [0.5, 0.6) is 0 Å². The fourth-order valence-corrected chi connectivity index (χ4v) is 1.70. The Labute approximate surface area is 89.4 Å². The Bertz CT molecular complexity index is 322. The van der Waals surface area contributed by atoms with Gasteiger partial charge in [-0.25, -0.2) is 0 Å². The van der Waals surface area contributed by atoms with Gasteiger partial charge in [-0.15, -0.1) is 11.3 Å². The van der Waals surface area contributed by atoms with Crippen molar-refractivity contribution in [2.45, 2.75) is 20.8 Å². The van der Waals surface area contributed by atoms with Crippen LogP contribution < -0.4 is 0 Å². The zero-order valence-corrected chi connectivity index (χ0v) is 9.67. The van der Waals surface area contributed by atoms with Crippen molar-refractivity contribution in [3.05, 3.63) is 35.7 Å². The maximum absolute atomic E-state index is 8.81. The quantitative estimate of drug-likeness (QED) is 0.595. The lowest BCUT2D eigenvalue weighted by Crippen LogP contribution is -1.56. The molecule has 2 aromatic rings. The Morgan fingerprint density at radius 2 is 1.71 bits per heavy atom. The summed E-state index contributed by atoms with van der Waals surface area (Å²) in [5.74, 6) is 0. The first kappa shape index (κ1) is 12.8. The number of thiophene rings is 1. The highest BCUT2D eigenvalue weighted by Gasteiger charge is 1.87. The molecule has 0 amide bonds. The number of benzene rings is 1.